The summed E-state index contributed by atoms with van der Waals surface area (Å²) in [6.07, 6.45) is 0.758. The minimum Gasteiger partial charge on any atom is -0.497 e. The van der Waals surface area contributed by atoms with Crippen LogP contribution in [0.3, 0.4) is 0 Å². The smallest absolute Gasteiger partial charge is 0.253 e. The molecule has 2 aliphatic heterocycles. The van der Waals surface area contributed by atoms with Crippen molar-refractivity contribution >= 4 is 34.9 Å². The van der Waals surface area contributed by atoms with Gasteiger partial charge in [0.2, 0.25) is 5.95 Å². The van der Waals surface area contributed by atoms with Gasteiger partial charge in [0.1, 0.15) is 30.6 Å². The van der Waals surface area contributed by atoms with Crippen LogP contribution in [0, 0.1) is 0 Å². The quantitative estimate of drug-likeness (QED) is 0.295. The number of carbonyl (C=O) groups is 1. The Balaban J connectivity index is 1.38. The number of methoxy groups -OCH3 is 1. The van der Waals surface area contributed by atoms with Gasteiger partial charge < -0.3 is 35.1 Å². The number of benzene rings is 3. The van der Waals surface area contributed by atoms with Crippen molar-refractivity contribution in [2.45, 2.75) is 13.0 Å². The van der Waals surface area contributed by atoms with Gasteiger partial charge in [-0.25, -0.2) is 0 Å². The minimum atomic E-state index is -0.179. The van der Waals surface area contributed by atoms with E-state index >= 15 is 0 Å². The van der Waals surface area contributed by atoms with Gasteiger partial charge in [-0.3, -0.25) is 4.79 Å². The normalized spacial score (nSPS) is 13.4. The Morgan fingerprint density at radius 3 is 2.58 bits per heavy atom. The SMILES string of the molecule is CNC(=O)c1ccccc1Nc1nc(Nc2cccc3c2OCCO3)nc2c1CCN2Cc1ccc(OC)cc1. The third-order valence-electron chi connectivity index (χ3n) is 6.91. The summed E-state index contributed by atoms with van der Waals surface area (Å²) in [5, 5.41) is 9.48. The third kappa shape index (κ3) is 5.03. The van der Waals surface area contributed by atoms with E-state index in [1.807, 2.05) is 48.5 Å². The second-order valence-electron chi connectivity index (χ2n) is 9.42. The molecule has 6 rings (SSSR count). The molecule has 40 heavy (non-hydrogen) atoms. The standard InChI is InChI=1S/C30H30N6O4/c1-31-29(37)21-6-3-4-7-23(21)32-27-22-14-15-36(18-19-10-12-20(38-2)13-11-19)28(22)35-30(34-27)33-24-8-5-9-25-26(24)40-17-16-39-25/h3-13H,14-18H2,1-2H3,(H,31,37)(H2,32,33,34,35). The molecule has 0 saturated heterocycles. The van der Waals surface area contributed by atoms with E-state index in [0.717, 1.165) is 35.7 Å². The molecule has 0 unspecified atom stereocenters. The molecule has 10 heteroatoms. The van der Waals surface area contributed by atoms with E-state index in [9.17, 15) is 4.79 Å². The number of ether oxygens (including phenoxy) is 3. The van der Waals surface area contributed by atoms with Gasteiger partial charge in [0.15, 0.2) is 11.5 Å². The second kappa shape index (κ2) is 11.0. The lowest BCUT2D eigenvalue weighted by atomic mass is 10.1. The fourth-order valence-electron chi connectivity index (χ4n) is 4.93. The monoisotopic (exact) mass is 538 g/mol. The molecular weight excluding hydrogens is 508 g/mol. The molecule has 3 heterocycles. The zero-order valence-corrected chi connectivity index (χ0v) is 22.4. The lowest BCUT2D eigenvalue weighted by Crippen LogP contribution is -2.21. The molecule has 1 aromatic heterocycles. The highest BCUT2D eigenvalue weighted by molar-refractivity contribution is 6.00. The molecule has 0 saturated carbocycles. The van der Waals surface area contributed by atoms with E-state index in [-0.39, 0.29) is 5.91 Å². The van der Waals surface area contributed by atoms with E-state index in [2.05, 4.69) is 33.0 Å². The van der Waals surface area contributed by atoms with Crippen molar-refractivity contribution in [3.8, 4) is 17.2 Å². The molecule has 4 aromatic rings. The molecular formula is C30H30N6O4. The van der Waals surface area contributed by atoms with Crippen molar-refractivity contribution in [2.75, 3.05) is 49.4 Å². The summed E-state index contributed by atoms with van der Waals surface area (Å²) in [6.45, 7) is 2.43. The van der Waals surface area contributed by atoms with Crippen molar-refractivity contribution in [3.63, 3.8) is 0 Å². The van der Waals surface area contributed by atoms with Gasteiger partial charge in [0, 0.05) is 25.7 Å². The lowest BCUT2D eigenvalue weighted by molar-refractivity contribution is 0.0964. The summed E-state index contributed by atoms with van der Waals surface area (Å²) < 4.78 is 17.0. The van der Waals surface area contributed by atoms with Crippen LogP contribution < -0.4 is 35.1 Å². The fourth-order valence-corrected chi connectivity index (χ4v) is 4.93. The maximum atomic E-state index is 12.6. The Kier molecular flexibility index (Phi) is 6.96. The average molecular weight is 539 g/mol. The number of amides is 1. The summed E-state index contributed by atoms with van der Waals surface area (Å²) in [6, 6.07) is 21.1. The zero-order valence-electron chi connectivity index (χ0n) is 22.4. The number of aromatic nitrogens is 2. The van der Waals surface area contributed by atoms with Crippen molar-refractivity contribution in [2.24, 2.45) is 0 Å². The van der Waals surface area contributed by atoms with Crippen molar-refractivity contribution in [3.05, 3.63) is 83.4 Å². The first kappa shape index (κ1) is 25.3. The summed E-state index contributed by atoms with van der Waals surface area (Å²) in [5.41, 5.74) is 4.04. The third-order valence-corrected chi connectivity index (χ3v) is 6.91. The van der Waals surface area contributed by atoms with E-state index in [4.69, 9.17) is 24.2 Å². The molecule has 0 fully saturated rings. The molecule has 1 amide bonds. The average Bonchev–Trinajstić information content (AvgIpc) is 3.40. The number of fused-ring (bicyclic) bond motifs is 2. The predicted molar refractivity (Wildman–Crippen MR) is 154 cm³/mol. The predicted octanol–water partition coefficient (Wildman–Crippen LogP) is 4.67. The molecule has 2 aliphatic rings. The van der Waals surface area contributed by atoms with E-state index in [1.54, 1.807) is 20.2 Å². The van der Waals surface area contributed by atoms with Gasteiger partial charge in [-0.1, -0.05) is 30.3 Å². The van der Waals surface area contributed by atoms with Crippen LogP contribution in [0.5, 0.6) is 17.2 Å². The van der Waals surface area contributed by atoms with Crippen molar-refractivity contribution in [1.82, 2.24) is 15.3 Å². The highest BCUT2D eigenvalue weighted by Gasteiger charge is 2.27. The molecule has 0 radical (unpaired) electrons. The lowest BCUT2D eigenvalue weighted by Gasteiger charge is -2.22. The molecule has 0 aliphatic carbocycles. The van der Waals surface area contributed by atoms with Crippen LogP contribution >= 0.6 is 0 Å². The van der Waals surface area contributed by atoms with Crippen LogP contribution in [0.2, 0.25) is 0 Å². The number of carbonyl (C=O) groups excluding carboxylic acids is 1. The van der Waals surface area contributed by atoms with Gasteiger partial charge in [-0.15, -0.1) is 0 Å². The van der Waals surface area contributed by atoms with Crippen LogP contribution in [0.15, 0.2) is 66.7 Å². The zero-order chi connectivity index (χ0) is 27.5. The van der Waals surface area contributed by atoms with Crippen LogP contribution in [0.25, 0.3) is 0 Å². The number of hydrogen-bond acceptors (Lipinski definition) is 9. The van der Waals surface area contributed by atoms with Crippen molar-refractivity contribution in [1.29, 1.82) is 0 Å². The Hall–Kier alpha value is -4.99. The first-order valence-corrected chi connectivity index (χ1v) is 13.2. The minimum absolute atomic E-state index is 0.179. The number of anilines is 5. The highest BCUT2D eigenvalue weighted by Crippen LogP contribution is 2.40. The number of nitrogens with zero attached hydrogens (tertiary/aromatic N) is 3. The molecule has 10 nitrogen and oxygen atoms in total. The summed E-state index contributed by atoms with van der Waals surface area (Å²) in [4.78, 5) is 24.6. The first-order chi connectivity index (χ1) is 19.6. The summed E-state index contributed by atoms with van der Waals surface area (Å²) >= 11 is 0. The molecule has 0 bridgehead atoms. The number of rotatable bonds is 8. The van der Waals surface area contributed by atoms with Crippen LogP contribution in [0.4, 0.5) is 29.0 Å². The van der Waals surface area contributed by atoms with Gasteiger partial charge in [-0.2, -0.15) is 9.97 Å². The van der Waals surface area contributed by atoms with Gasteiger partial charge >= 0.3 is 0 Å². The molecule has 0 atom stereocenters. The molecule has 3 aromatic carbocycles. The van der Waals surface area contributed by atoms with Crippen molar-refractivity contribution < 1.29 is 19.0 Å². The van der Waals surface area contributed by atoms with Gasteiger partial charge in [0.05, 0.1) is 24.0 Å². The second-order valence-corrected chi connectivity index (χ2v) is 9.42. The topological polar surface area (TPSA) is 110 Å². The van der Waals surface area contributed by atoms with E-state index in [1.165, 1.54) is 0 Å². The number of hydrogen-bond donors (Lipinski definition) is 3. The number of para-hydroxylation sites is 2. The Morgan fingerprint density at radius 2 is 1.75 bits per heavy atom. The van der Waals surface area contributed by atoms with E-state index < -0.39 is 0 Å². The molecule has 204 valence electrons. The van der Waals surface area contributed by atoms with Gasteiger partial charge in [0.25, 0.3) is 5.91 Å². The number of nitrogens with one attached hydrogen (secondary N) is 3. The summed E-state index contributed by atoms with van der Waals surface area (Å²) in [5.74, 6) is 3.82. The maximum Gasteiger partial charge on any atom is 0.253 e. The molecule has 0 spiro atoms. The van der Waals surface area contributed by atoms with Crippen LogP contribution in [-0.4, -0.2) is 49.8 Å². The summed E-state index contributed by atoms with van der Waals surface area (Å²) in [7, 11) is 3.28. The Bertz CT molecular complexity index is 1540. The first-order valence-electron chi connectivity index (χ1n) is 13.2. The largest absolute Gasteiger partial charge is 0.497 e. The maximum absolute atomic E-state index is 12.6. The fraction of sp³-hybridized carbons (Fsp3) is 0.233. The Labute approximate surface area is 232 Å². The van der Waals surface area contributed by atoms with Crippen LogP contribution in [-0.2, 0) is 13.0 Å². The van der Waals surface area contributed by atoms with Gasteiger partial charge in [-0.05, 0) is 48.4 Å². The Morgan fingerprint density at radius 1 is 0.950 bits per heavy atom. The molecule has 3 N–H and O–H groups in total. The van der Waals surface area contributed by atoms with Crippen LogP contribution in [0.1, 0.15) is 21.5 Å². The van der Waals surface area contributed by atoms with E-state index in [0.29, 0.717) is 60.0 Å². The highest BCUT2D eigenvalue weighted by atomic mass is 16.6.